The van der Waals surface area contributed by atoms with Crippen molar-refractivity contribution in [1.29, 1.82) is 0 Å². The first-order chi connectivity index (χ1) is 19.4. The van der Waals surface area contributed by atoms with Crippen LogP contribution < -0.4 is 10.6 Å². The molecule has 1 aliphatic carbocycles. The Hall–Kier alpha value is -4.58. The molecule has 1 aliphatic rings. The van der Waals surface area contributed by atoms with Crippen LogP contribution in [0.3, 0.4) is 0 Å². The summed E-state index contributed by atoms with van der Waals surface area (Å²) < 4.78 is 10.9. The van der Waals surface area contributed by atoms with Gasteiger partial charge in [0.2, 0.25) is 0 Å². The van der Waals surface area contributed by atoms with Crippen LogP contribution in [0.5, 0.6) is 0 Å². The molecule has 0 saturated heterocycles. The Morgan fingerprint density at radius 3 is 1.76 bits per heavy atom. The zero-order valence-corrected chi connectivity index (χ0v) is 24.4. The lowest BCUT2D eigenvalue weighted by Crippen LogP contribution is -2.27. The van der Waals surface area contributed by atoms with Crippen LogP contribution in [0.4, 0.5) is 21.0 Å². The third-order valence-electron chi connectivity index (χ3n) is 6.60. The summed E-state index contributed by atoms with van der Waals surface area (Å²) in [6.07, 6.45) is -0.199. The summed E-state index contributed by atoms with van der Waals surface area (Å²) in [5.41, 5.74) is 9.09. The molecule has 2 amide bonds. The zero-order chi connectivity index (χ0) is 29.4. The van der Waals surface area contributed by atoms with Gasteiger partial charge in [0.05, 0.1) is 0 Å². The molecule has 0 fully saturated rings. The lowest BCUT2D eigenvalue weighted by molar-refractivity contribution is 0.0624. The highest BCUT2D eigenvalue weighted by atomic mass is 16.6. The van der Waals surface area contributed by atoms with Gasteiger partial charge in [-0.2, -0.15) is 0 Å². The first-order valence-corrected chi connectivity index (χ1v) is 13.8. The number of fused-ring (bicyclic) bond motifs is 3. The lowest BCUT2D eigenvalue weighted by Gasteiger charge is -2.21. The van der Waals surface area contributed by atoms with Gasteiger partial charge in [-0.3, -0.25) is 10.6 Å². The van der Waals surface area contributed by atoms with Crippen LogP contribution in [0.2, 0.25) is 0 Å². The van der Waals surface area contributed by atoms with Crippen LogP contribution in [-0.2, 0) is 15.9 Å². The number of carbonyl (C=O) groups is 2. The smallest absolute Gasteiger partial charge is 0.412 e. The van der Waals surface area contributed by atoms with E-state index < -0.39 is 23.4 Å². The van der Waals surface area contributed by atoms with E-state index in [4.69, 9.17) is 9.47 Å². The third kappa shape index (κ3) is 6.60. The van der Waals surface area contributed by atoms with Crippen LogP contribution in [0.15, 0.2) is 84.9 Å². The molecule has 4 aromatic carbocycles. The maximum Gasteiger partial charge on any atom is 0.412 e. The molecule has 0 atom stereocenters. The molecule has 41 heavy (non-hydrogen) atoms. The monoisotopic (exact) mass is 548 g/mol. The van der Waals surface area contributed by atoms with Gasteiger partial charge < -0.3 is 9.47 Å². The van der Waals surface area contributed by atoms with E-state index in [2.05, 4.69) is 53.1 Å². The SMILES string of the molecule is CC(C)(C)OC(=O)Nc1cccc(-c2ccc3c(c2-c2cccc(NC(=O)OC(C)(C)C)c2)Cc2ccccc2-3)c1. The summed E-state index contributed by atoms with van der Waals surface area (Å²) >= 11 is 0. The fraction of sp³-hybridized carbons (Fsp3) is 0.257. The van der Waals surface area contributed by atoms with Crippen molar-refractivity contribution in [2.24, 2.45) is 0 Å². The molecule has 0 aromatic heterocycles. The molecule has 0 aliphatic heterocycles. The van der Waals surface area contributed by atoms with Crippen molar-refractivity contribution in [3.05, 3.63) is 96.1 Å². The molecule has 210 valence electrons. The van der Waals surface area contributed by atoms with Gasteiger partial charge in [0, 0.05) is 11.4 Å². The average molecular weight is 549 g/mol. The summed E-state index contributed by atoms with van der Waals surface area (Å²) in [4.78, 5) is 25.0. The minimum Gasteiger partial charge on any atom is -0.444 e. The van der Waals surface area contributed by atoms with Crippen LogP contribution in [0, 0.1) is 0 Å². The number of ether oxygens (including phenoxy) is 2. The number of amides is 2. The van der Waals surface area contributed by atoms with Gasteiger partial charge in [-0.25, -0.2) is 9.59 Å². The number of benzene rings is 4. The predicted octanol–water partition coefficient (Wildman–Crippen LogP) is 9.29. The van der Waals surface area contributed by atoms with Gasteiger partial charge in [0.25, 0.3) is 0 Å². The minimum absolute atomic E-state index is 0.499. The number of hydrogen-bond donors (Lipinski definition) is 2. The van der Waals surface area contributed by atoms with Crippen molar-refractivity contribution in [2.45, 2.75) is 59.2 Å². The number of hydrogen-bond acceptors (Lipinski definition) is 4. The van der Waals surface area contributed by atoms with Crippen molar-refractivity contribution >= 4 is 23.6 Å². The topological polar surface area (TPSA) is 76.7 Å². The van der Waals surface area contributed by atoms with Gasteiger partial charge in [-0.15, -0.1) is 0 Å². The molecule has 4 aromatic rings. The molecular formula is C35H36N2O4. The second-order valence-corrected chi connectivity index (χ2v) is 12.3. The lowest BCUT2D eigenvalue weighted by atomic mass is 9.87. The van der Waals surface area contributed by atoms with Crippen molar-refractivity contribution in [3.63, 3.8) is 0 Å². The van der Waals surface area contributed by atoms with Crippen molar-refractivity contribution in [2.75, 3.05) is 10.6 Å². The maximum atomic E-state index is 12.5. The predicted molar refractivity (Wildman–Crippen MR) is 165 cm³/mol. The highest BCUT2D eigenvalue weighted by Gasteiger charge is 2.25. The fourth-order valence-corrected chi connectivity index (χ4v) is 5.14. The maximum absolute atomic E-state index is 12.5. The van der Waals surface area contributed by atoms with Crippen LogP contribution in [-0.4, -0.2) is 23.4 Å². The number of carbonyl (C=O) groups excluding carboxylic acids is 2. The second-order valence-electron chi connectivity index (χ2n) is 12.3. The van der Waals surface area contributed by atoms with Gasteiger partial charge in [-0.05, 0) is 117 Å². The summed E-state index contributed by atoms with van der Waals surface area (Å²) in [5.74, 6) is 0. The van der Waals surface area contributed by atoms with E-state index in [-0.39, 0.29) is 0 Å². The van der Waals surface area contributed by atoms with E-state index in [0.717, 1.165) is 28.7 Å². The molecule has 5 rings (SSSR count). The van der Waals surface area contributed by atoms with E-state index in [0.29, 0.717) is 11.4 Å². The summed E-state index contributed by atoms with van der Waals surface area (Å²) in [6, 6.07) is 28.4. The first-order valence-electron chi connectivity index (χ1n) is 13.8. The van der Waals surface area contributed by atoms with Crippen molar-refractivity contribution < 1.29 is 19.1 Å². The number of nitrogens with one attached hydrogen (secondary N) is 2. The van der Waals surface area contributed by atoms with E-state index in [1.807, 2.05) is 84.0 Å². The number of rotatable bonds is 4. The molecule has 0 bridgehead atoms. The van der Waals surface area contributed by atoms with Gasteiger partial charge in [-0.1, -0.05) is 60.7 Å². The molecule has 0 heterocycles. The van der Waals surface area contributed by atoms with Crippen molar-refractivity contribution in [1.82, 2.24) is 0 Å². The van der Waals surface area contributed by atoms with Crippen molar-refractivity contribution in [3.8, 4) is 33.4 Å². The second kappa shape index (κ2) is 10.8. The van der Waals surface area contributed by atoms with Gasteiger partial charge in [0.15, 0.2) is 0 Å². The molecule has 6 nitrogen and oxygen atoms in total. The van der Waals surface area contributed by atoms with Gasteiger partial charge in [0.1, 0.15) is 11.2 Å². The molecule has 2 N–H and O–H groups in total. The minimum atomic E-state index is -0.598. The van der Waals surface area contributed by atoms with Crippen LogP contribution in [0.25, 0.3) is 33.4 Å². The standard InChI is InChI=1S/C35H36N2O4/c1-34(2,3)40-32(38)36-25-14-9-12-22(19-25)28-17-18-29-27-16-8-7-11-23(27)21-30(29)31(28)24-13-10-15-26(20-24)37-33(39)41-35(4,5)6/h7-20H,21H2,1-6H3,(H,36,38)(H,37,39). The third-order valence-corrected chi connectivity index (χ3v) is 6.60. The highest BCUT2D eigenvalue weighted by Crippen LogP contribution is 2.46. The van der Waals surface area contributed by atoms with E-state index in [1.165, 1.54) is 22.3 Å². The molecule has 0 spiro atoms. The average Bonchev–Trinajstić information content (AvgIpc) is 3.25. The normalized spacial score (nSPS) is 12.2. The Kier molecular flexibility index (Phi) is 7.35. The first kappa shape index (κ1) is 28.0. The Balaban J connectivity index is 1.58. The summed E-state index contributed by atoms with van der Waals surface area (Å²) in [7, 11) is 0. The quantitative estimate of drug-likeness (QED) is 0.235. The Labute approximate surface area is 241 Å². The molecule has 0 saturated carbocycles. The van der Waals surface area contributed by atoms with E-state index in [9.17, 15) is 9.59 Å². The molecule has 6 heteroatoms. The highest BCUT2D eigenvalue weighted by molar-refractivity contribution is 5.96. The van der Waals surface area contributed by atoms with E-state index in [1.54, 1.807) is 0 Å². The largest absolute Gasteiger partial charge is 0.444 e. The Morgan fingerprint density at radius 1 is 0.610 bits per heavy atom. The molecule has 0 radical (unpaired) electrons. The van der Waals surface area contributed by atoms with Gasteiger partial charge >= 0.3 is 12.2 Å². The summed E-state index contributed by atoms with van der Waals surface area (Å²) in [6.45, 7) is 11.0. The number of anilines is 2. The molecular weight excluding hydrogens is 512 g/mol. The fourth-order valence-electron chi connectivity index (χ4n) is 5.14. The van der Waals surface area contributed by atoms with Crippen LogP contribution in [0.1, 0.15) is 52.7 Å². The Morgan fingerprint density at radius 2 is 1.15 bits per heavy atom. The molecule has 0 unspecified atom stereocenters. The Bertz CT molecular complexity index is 1630. The van der Waals surface area contributed by atoms with E-state index >= 15 is 0 Å². The zero-order valence-electron chi connectivity index (χ0n) is 24.4. The summed E-state index contributed by atoms with van der Waals surface area (Å²) in [5, 5.41) is 5.74. The van der Waals surface area contributed by atoms with Crippen LogP contribution >= 0.6 is 0 Å².